The van der Waals surface area contributed by atoms with E-state index in [-0.39, 0.29) is 22.9 Å². The van der Waals surface area contributed by atoms with Crippen LogP contribution >= 0.6 is 23.2 Å². The highest BCUT2D eigenvalue weighted by molar-refractivity contribution is 6.39. The van der Waals surface area contributed by atoms with E-state index in [9.17, 15) is 9.59 Å². The van der Waals surface area contributed by atoms with Crippen LogP contribution in [0, 0.1) is 6.92 Å². The van der Waals surface area contributed by atoms with Gasteiger partial charge in [-0.2, -0.15) is 4.98 Å². The number of hydrogen-bond donors (Lipinski definition) is 3. The van der Waals surface area contributed by atoms with Crippen molar-refractivity contribution in [2.24, 2.45) is 0 Å². The van der Waals surface area contributed by atoms with Crippen molar-refractivity contribution in [2.75, 3.05) is 12.4 Å². The lowest BCUT2D eigenvalue weighted by molar-refractivity contribution is 0.0691. The summed E-state index contributed by atoms with van der Waals surface area (Å²) in [5.41, 5.74) is 1.44. The van der Waals surface area contributed by atoms with Crippen LogP contribution in [0.1, 0.15) is 16.2 Å². The summed E-state index contributed by atoms with van der Waals surface area (Å²) < 4.78 is 1.02. The van der Waals surface area contributed by atoms with Crippen LogP contribution in [0.4, 0.5) is 11.6 Å². The number of nitrogens with zero attached hydrogens (tertiary/aromatic N) is 3. The Labute approximate surface area is 185 Å². The Morgan fingerprint density at radius 3 is 2.58 bits per heavy atom. The zero-order valence-electron chi connectivity index (χ0n) is 16.2. The van der Waals surface area contributed by atoms with Gasteiger partial charge in [0.15, 0.2) is 5.65 Å². The Morgan fingerprint density at radius 1 is 1.26 bits per heavy atom. The highest BCUT2D eigenvalue weighted by Crippen LogP contribution is 2.33. The SMILES string of the molecule is COn1c(=O)c(-c2c(Cl)cccc2Cl)cc2cnc(Nc3cc(C(=O)O)[nH]c3C)nc21. The number of aromatic carboxylic acids is 1. The third kappa shape index (κ3) is 3.69. The molecule has 11 heteroatoms. The number of benzene rings is 1. The minimum Gasteiger partial charge on any atom is -0.477 e. The second kappa shape index (κ2) is 7.93. The number of carbonyl (C=O) groups is 1. The molecule has 0 aliphatic rings. The zero-order valence-corrected chi connectivity index (χ0v) is 17.7. The van der Waals surface area contributed by atoms with Gasteiger partial charge in [-0.05, 0) is 31.2 Å². The van der Waals surface area contributed by atoms with E-state index in [0.29, 0.717) is 32.4 Å². The maximum atomic E-state index is 13.1. The van der Waals surface area contributed by atoms with E-state index in [2.05, 4.69) is 20.3 Å². The monoisotopic (exact) mass is 459 g/mol. The summed E-state index contributed by atoms with van der Waals surface area (Å²) in [5, 5.41) is 13.2. The number of aryl methyl sites for hydroxylation is 1. The fourth-order valence-corrected chi connectivity index (χ4v) is 3.76. The molecule has 0 radical (unpaired) electrons. The predicted octanol–water partition coefficient (Wildman–Crippen LogP) is 3.90. The lowest BCUT2D eigenvalue weighted by Crippen LogP contribution is -2.27. The molecule has 3 heterocycles. The normalized spacial score (nSPS) is 11.0. The van der Waals surface area contributed by atoms with E-state index in [4.69, 9.17) is 33.1 Å². The van der Waals surface area contributed by atoms with Gasteiger partial charge >= 0.3 is 5.97 Å². The zero-order chi connectivity index (χ0) is 22.3. The fourth-order valence-electron chi connectivity index (χ4n) is 3.16. The number of carboxylic acid groups (broad SMARTS) is 1. The molecular formula is C20H15Cl2N5O4. The number of hydrogen-bond acceptors (Lipinski definition) is 6. The Hall–Kier alpha value is -3.56. The number of carboxylic acids is 1. The Bertz CT molecular complexity index is 1380. The van der Waals surface area contributed by atoms with Gasteiger partial charge in [-0.3, -0.25) is 4.79 Å². The van der Waals surface area contributed by atoms with Gasteiger partial charge in [0.1, 0.15) is 12.8 Å². The molecule has 0 saturated carbocycles. The molecule has 0 aliphatic carbocycles. The highest BCUT2D eigenvalue weighted by Gasteiger charge is 2.18. The van der Waals surface area contributed by atoms with Gasteiger partial charge in [0, 0.05) is 22.8 Å². The third-order valence-electron chi connectivity index (χ3n) is 4.61. The lowest BCUT2D eigenvalue weighted by atomic mass is 10.1. The molecule has 0 spiro atoms. The first kappa shape index (κ1) is 20.7. The standard InChI is InChI=1S/C20H15Cl2N5O4/c1-9-14(7-15(24-9)19(29)30)25-20-23-8-10-6-11(16-12(21)4-3-5-13(16)22)18(28)27(31-2)17(10)26-20/h3-8,24H,1-2H3,(H,29,30)(H,23,25,26). The van der Waals surface area contributed by atoms with Crippen LogP contribution < -0.4 is 15.7 Å². The van der Waals surface area contributed by atoms with E-state index >= 15 is 0 Å². The van der Waals surface area contributed by atoms with Gasteiger partial charge in [0.2, 0.25) is 5.95 Å². The van der Waals surface area contributed by atoms with Gasteiger partial charge in [-0.25, -0.2) is 9.78 Å². The molecule has 158 valence electrons. The van der Waals surface area contributed by atoms with Crippen LogP contribution in [0.3, 0.4) is 0 Å². The second-order valence-electron chi connectivity index (χ2n) is 6.56. The quantitative estimate of drug-likeness (QED) is 0.413. The molecular weight excluding hydrogens is 445 g/mol. The van der Waals surface area contributed by atoms with Gasteiger partial charge < -0.3 is 20.2 Å². The first-order valence-corrected chi connectivity index (χ1v) is 9.67. The van der Waals surface area contributed by atoms with Crippen molar-refractivity contribution in [2.45, 2.75) is 6.92 Å². The van der Waals surface area contributed by atoms with Crippen LogP contribution in [0.5, 0.6) is 0 Å². The lowest BCUT2D eigenvalue weighted by Gasteiger charge is -2.13. The van der Waals surface area contributed by atoms with Crippen LogP contribution in [0.2, 0.25) is 10.0 Å². The predicted molar refractivity (Wildman–Crippen MR) is 118 cm³/mol. The summed E-state index contributed by atoms with van der Waals surface area (Å²) >= 11 is 12.6. The number of aromatic amines is 1. The number of nitrogens with one attached hydrogen (secondary N) is 2. The van der Waals surface area contributed by atoms with Crippen LogP contribution in [0.25, 0.3) is 22.2 Å². The molecule has 0 amide bonds. The molecule has 0 bridgehead atoms. The number of halogens is 2. The molecule has 0 aliphatic heterocycles. The summed E-state index contributed by atoms with van der Waals surface area (Å²) in [6, 6.07) is 7.98. The number of rotatable bonds is 5. The summed E-state index contributed by atoms with van der Waals surface area (Å²) in [6.07, 6.45) is 1.51. The van der Waals surface area contributed by atoms with Gasteiger partial charge in [-0.1, -0.05) is 29.3 Å². The molecule has 3 aromatic heterocycles. The van der Waals surface area contributed by atoms with Crippen molar-refractivity contribution < 1.29 is 14.7 Å². The van der Waals surface area contributed by atoms with E-state index in [1.807, 2.05) is 0 Å². The van der Waals surface area contributed by atoms with Crippen LogP contribution in [0.15, 0.2) is 41.3 Å². The number of pyridine rings is 1. The number of aromatic nitrogens is 4. The van der Waals surface area contributed by atoms with Gasteiger partial charge in [-0.15, -0.1) is 4.73 Å². The fraction of sp³-hybridized carbons (Fsp3) is 0.100. The van der Waals surface area contributed by atoms with Crippen LogP contribution in [-0.2, 0) is 0 Å². The molecule has 1 aromatic carbocycles. The van der Waals surface area contributed by atoms with E-state index in [1.54, 1.807) is 31.2 Å². The smallest absolute Gasteiger partial charge is 0.352 e. The summed E-state index contributed by atoms with van der Waals surface area (Å²) in [5.74, 6) is -0.935. The van der Waals surface area contributed by atoms with E-state index in [0.717, 1.165) is 4.73 Å². The molecule has 3 N–H and O–H groups in total. The molecule has 0 atom stereocenters. The second-order valence-corrected chi connectivity index (χ2v) is 7.38. The highest BCUT2D eigenvalue weighted by atomic mass is 35.5. The average molecular weight is 460 g/mol. The molecule has 4 rings (SSSR count). The number of fused-ring (bicyclic) bond motifs is 1. The molecule has 0 saturated heterocycles. The first-order chi connectivity index (χ1) is 14.8. The number of anilines is 2. The van der Waals surface area contributed by atoms with Crippen molar-refractivity contribution in [1.29, 1.82) is 0 Å². The van der Waals surface area contributed by atoms with Gasteiger partial charge in [0.25, 0.3) is 5.56 Å². The van der Waals surface area contributed by atoms with Gasteiger partial charge in [0.05, 0.1) is 21.3 Å². The maximum absolute atomic E-state index is 13.1. The third-order valence-corrected chi connectivity index (χ3v) is 5.24. The maximum Gasteiger partial charge on any atom is 0.352 e. The molecule has 31 heavy (non-hydrogen) atoms. The molecule has 0 fully saturated rings. The molecule has 9 nitrogen and oxygen atoms in total. The average Bonchev–Trinajstić information content (AvgIpc) is 3.09. The Balaban J connectivity index is 1.84. The van der Waals surface area contributed by atoms with Crippen LogP contribution in [-0.4, -0.2) is 37.9 Å². The van der Waals surface area contributed by atoms with Crippen molar-refractivity contribution >= 4 is 51.8 Å². The summed E-state index contributed by atoms with van der Waals surface area (Å²) in [4.78, 5) is 40.9. The van der Waals surface area contributed by atoms with E-state index < -0.39 is 11.5 Å². The minimum atomic E-state index is -1.09. The Kier molecular flexibility index (Phi) is 5.30. The van der Waals surface area contributed by atoms with Crippen molar-refractivity contribution in [3.05, 3.63) is 68.3 Å². The first-order valence-electron chi connectivity index (χ1n) is 8.91. The van der Waals surface area contributed by atoms with Crippen molar-refractivity contribution in [3.8, 4) is 11.1 Å². The topological polar surface area (TPSA) is 122 Å². The molecule has 0 unspecified atom stereocenters. The summed E-state index contributed by atoms with van der Waals surface area (Å²) in [6.45, 7) is 1.71. The molecule has 4 aromatic rings. The largest absolute Gasteiger partial charge is 0.477 e. The van der Waals surface area contributed by atoms with Crippen molar-refractivity contribution in [3.63, 3.8) is 0 Å². The Morgan fingerprint density at radius 2 is 1.97 bits per heavy atom. The van der Waals surface area contributed by atoms with E-state index in [1.165, 1.54) is 19.4 Å². The summed E-state index contributed by atoms with van der Waals surface area (Å²) in [7, 11) is 1.34. The minimum absolute atomic E-state index is 0.0239. The van der Waals surface area contributed by atoms with Crippen molar-refractivity contribution in [1.82, 2.24) is 19.7 Å². The number of H-pyrrole nitrogens is 1.